The largest absolute Gasteiger partial charge is 0.330 e. The van der Waals surface area contributed by atoms with Crippen LogP contribution in [0.4, 0.5) is 5.82 Å². The van der Waals surface area contributed by atoms with E-state index in [-0.39, 0.29) is 0 Å². The molecule has 0 aromatic carbocycles. The van der Waals surface area contributed by atoms with Crippen molar-refractivity contribution in [2.75, 3.05) is 0 Å². The smallest absolute Gasteiger partial charge is 0.181 e. The third-order valence-electron chi connectivity index (χ3n) is 1.25. The maximum Gasteiger partial charge on any atom is 0.181 e. The first-order valence-corrected chi connectivity index (χ1v) is 3.32. The standard InChI is InChI=1S/C6H6ClN3O/c1-10-4-9-6(8-3-7)5(10)2-11/h2-4H,1H3. The molecule has 1 aromatic rings. The number of halogens is 1. The monoisotopic (exact) mass is 171 g/mol. The molecular weight excluding hydrogens is 166 g/mol. The van der Waals surface area contributed by atoms with Crippen LogP contribution in [0.1, 0.15) is 10.5 Å². The fourth-order valence-corrected chi connectivity index (χ4v) is 0.801. The van der Waals surface area contributed by atoms with E-state index in [1.807, 2.05) is 0 Å². The summed E-state index contributed by atoms with van der Waals surface area (Å²) in [4.78, 5) is 17.9. The topological polar surface area (TPSA) is 47.2 Å². The number of aldehydes is 1. The third kappa shape index (κ3) is 1.46. The minimum Gasteiger partial charge on any atom is -0.330 e. The van der Waals surface area contributed by atoms with Gasteiger partial charge in [0.15, 0.2) is 12.1 Å². The molecule has 0 aliphatic rings. The molecule has 1 rings (SSSR count). The summed E-state index contributed by atoms with van der Waals surface area (Å²) in [5.41, 5.74) is 1.50. The van der Waals surface area contributed by atoms with Gasteiger partial charge in [0.2, 0.25) is 0 Å². The zero-order chi connectivity index (χ0) is 8.27. The van der Waals surface area contributed by atoms with E-state index in [0.717, 1.165) is 5.67 Å². The molecule has 0 saturated heterocycles. The number of hydrogen-bond acceptors (Lipinski definition) is 3. The van der Waals surface area contributed by atoms with Crippen molar-refractivity contribution >= 4 is 29.4 Å². The van der Waals surface area contributed by atoms with E-state index in [1.165, 1.54) is 6.33 Å². The molecule has 11 heavy (non-hydrogen) atoms. The third-order valence-corrected chi connectivity index (χ3v) is 1.34. The van der Waals surface area contributed by atoms with Crippen molar-refractivity contribution in [2.45, 2.75) is 0 Å². The normalized spacial score (nSPS) is 10.7. The summed E-state index contributed by atoms with van der Waals surface area (Å²) in [7, 11) is 1.71. The Bertz CT molecular complexity index is 292. The summed E-state index contributed by atoms with van der Waals surface area (Å²) >= 11 is 5.22. The van der Waals surface area contributed by atoms with Gasteiger partial charge in [-0.1, -0.05) is 11.6 Å². The molecule has 0 fully saturated rings. The Morgan fingerprint density at radius 2 is 2.55 bits per heavy atom. The van der Waals surface area contributed by atoms with E-state index < -0.39 is 0 Å². The van der Waals surface area contributed by atoms with Gasteiger partial charge >= 0.3 is 0 Å². The lowest BCUT2D eigenvalue weighted by Crippen LogP contribution is -1.91. The van der Waals surface area contributed by atoms with E-state index in [0.29, 0.717) is 17.8 Å². The molecular formula is C6H6ClN3O. The number of carbonyl (C=O) groups excluding carboxylic acids is 1. The fourth-order valence-electron chi connectivity index (χ4n) is 0.709. The van der Waals surface area contributed by atoms with Crippen molar-refractivity contribution < 1.29 is 4.79 Å². The van der Waals surface area contributed by atoms with Gasteiger partial charge in [-0.25, -0.2) is 9.98 Å². The van der Waals surface area contributed by atoms with E-state index in [4.69, 9.17) is 11.6 Å². The van der Waals surface area contributed by atoms with Crippen molar-refractivity contribution in [1.29, 1.82) is 0 Å². The zero-order valence-corrected chi connectivity index (χ0v) is 6.62. The number of aryl methyl sites for hydroxylation is 1. The lowest BCUT2D eigenvalue weighted by atomic mass is 10.5. The van der Waals surface area contributed by atoms with E-state index in [2.05, 4.69) is 9.98 Å². The minimum atomic E-state index is 0.345. The number of hydrogen-bond donors (Lipinski definition) is 0. The molecule has 0 aliphatic carbocycles. The second-order valence-electron chi connectivity index (χ2n) is 1.91. The summed E-state index contributed by atoms with van der Waals surface area (Å²) in [6.07, 6.45) is 2.19. The Morgan fingerprint density at radius 1 is 1.82 bits per heavy atom. The summed E-state index contributed by atoms with van der Waals surface area (Å²) < 4.78 is 1.58. The van der Waals surface area contributed by atoms with Crippen molar-refractivity contribution in [3.05, 3.63) is 12.0 Å². The number of aliphatic imine (C=N–C) groups is 1. The Morgan fingerprint density at radius 3 is 3.09 bits per heavy atom. The van der Waals surface area contributed by atoms with Crippen LogP contribution in [-0.4, -0.2) is 21.5 Å². The summed E-state index contributed by atoms with van der Waals surface area (Å²) in [5, 5.41) is 0. The Labute approximate surface area is 68.5 Å². The molecule has 0 saturated carbocycles. The highest BCUT2D eigenvalue weighted by Gasteiger charge is 2.04. The van der Waals surface area contributed by atoms with Gasteiger partial charge in [-0.05, 0) is 0 Å². The van der Waals surface area contributed by atoms with Crippen molar-refractivity contribution in [3.63, 3.8) is 0 Å². The van der Waals surface area contributed by atoms with Gasteiger partial charge in [0.1, 0.15) is 5.69 Å². The van der Waals surface area contributed by atoms with Crippen molar-refractivity contribution in [1.82, 2.24) is 9.55 Å². The van der Waals surface area contributed by atoms with Crippen LogP contribution in [0.2, 0.25) is 0 Å². The Balaban J connectivity index is 3.15. The van der Waals surface area contributed by atoms with Gasteiger partial charge in [-0.15, -0.1) is 0 Å². The number of imidazole rings is 1. The highest BCUT2D eigenvalue weighted by atomic mass is 35.5. The van der Waals surface area contributed by atoms with Crippen molar-refractivity contribution in [2.24, 2.45) is 12.0 Å². The first-order chi connectivity index (χ1) is 5.29. The lowest BCUT2D eigenvalue weighted by Gasteiger charge is -1.90. The average molecular weight is 172 g/mol. The second-order valence-corrected chi connectivity index (χ2v) is 2.10. The van der Waals surface area contributed by atoms with Crippen LogP contribution >= 0.6 is 11.6 Å². The highest BCUT2D eigenvalue weighted by molar-refractivity contribution is 6.56. The van der Waals surface area contributed by atoms with Crippen LogP contribution in [-0.2, 0) is 7.05 Å². The molecule has 5 heteroatoms. The van der Waals surface area contributed by atoms with Crippen LogP contribution in [0.25, 0.3) is 0 Å². The molecule has 0 spiro atoms. The van der Waals surface area contributed by atoms with Crippen LogP contribution in [0, 0.1) is 0 Å². The average Bonchev–Trinajstić information content (AvgIpc) is 2.33. The number of rotatable bonds is 2. The van der Waals surface area contributed by atoms with E-state index in [9.17, 15) is 4.79 Å². The molecule has 0 bridgehead atoms. The molecule has 58 valence electrons. The van der Waals surface area contributed by atoms with Gasteiger partial charge in [0.05, 0.1) is 12.0 Å². The van der Waals surface area contributed by atoms with Crippen LogP contribution in [0.3, 0.4) is 0 Å². The minimum absolute atomic E-state index is 0.345. The van der Waals surface area contributed by atoms with Crippen LogP contribution < -0.4 is 0 Å². The molecule has 0 aliphatic heterocycles. The summed E-state index contributed by atoms with van der Waals surface area (Å²) in [5.74, 6) is 0.345. The quantitative estimate of drug-likeness (QED) is 0.495. The first kappa shape index (κ1) is 7.94. The Kier molecular flexibility index (Phi) is 2.38. The highest BCUT2D eigenvalue weighted by Crippen LogP contribution is 2.12. The molecule has 0 radical (unpaired) electrons. The predicted molar refractivity (Wildman–Crippen MR) is 42.6 cm³/mol. The Hall–Kier alpha value is -1.16. The zero-order valence-electron chi connectivity index (χ0n) is 5.86. The molecule has 0 atom stereocenters. The molecule has 1 aromatic heterocycles. The van der Waals surface area contributed by atoms with Crippen LogP contribution in [0.15, 0.2) is 11.3 Å². The van der Waals surface area contributed by atoms with Gasteiger partial charge in [0, 0.05) is 7.05 Å². The van der Waals surface area contributed by atoms with Gasteiger partial charge in [0.25, 0.3) is 0 Å². The fraction of sp³-hybridized carbons (Fsp3) is 0.167. The first-order valence-electron chi connectivity index (χ1n) is 2.89. The molecule has 0 amide bonds. The molecule has 1 heterocycles. The van der Waals surface area contributed by atoms with Gasteiger partial charge in [-0.2, -0.15) is 0 Å². The predicted octanol–water partition coefficient (Wildman–Crippen LogP) is 1.13. The maximum absolute atomic E-state index is 10.4. The summed E-state index contributed by atoms with van der Waals surface area (Å²) in [6.45, 7) is 0. The molecule has 0 N–H and O–H groups in total. The number of nitrogens with zero attached hydrogens (tertiary/aromatic N) is 3. The number of aromatic nitrogens is 2. The lowest BCUT2D eigenvalue weighted by molar-refractivity contribution is 0.111. The SMILES string of the molecule is Cn1cnc(N=CCl)c1C=O. The van der Waals surface area contributed by atoms with E-state index in [1.54, 1.807) is 11.6 Å². The maximum atomic E-state index is 10.4. The van der Waals surface area contributed by atoms with Gasteiger partial charge in [-0.3, -0.25) is 4.79 Å². The molecule has 4 nitrogen and oxygen atoms in total. The van der Waals surface area contributed by atoms with E-state index >= 15 is 0 Å². The van der Waals surface area contributed by atoms with Crippen molar-refractivity contribution in [3.8, 4) is 0 Å². The summed E-state index contributed by atoms with van der Waals surface area (Å²) in [6, 6.07) is 0. The van der Waals surface area contributed by atoms with Crippen LogP contribution in [0.5, 0.6) is 0 Å². The van der Waals surface area contributed by atoms with Gasteiger partial charge < -0.3 is 4.57 Å². The number of carbonyl (C=O) groups is 1. The molecule has 0 unspecified atom stereocenters. The second kappa shape index (κ2) is 3.30.